The van der Waals surface area contributed by atoms with Crippen LogP contribution in [0.4, 0.5) is 5.69 Å². The van der Waals surface area contributed by atoms with Crippen molar-refractivity contribution in [1.82, 2.24) is 14.5 Å². The molecule has 0 radical (unpaired) electrons. The van der Waals surface area contributed by atoms with Gasteiger partial charge in [0.05, 0.1) is 11.5 Å². The Bertz CT molecular complexity index is 695. The molecule has 0 unspecified atom stereocenters. The fourth-order valence-corrected chi connectivity index (χ4v) is 1.86. The van der Waals surface area contributed by atoms with Crippen molar-refractivity contribution in [2.45, 2.75) is 6.54 Å². The highest BCUT2D eigenvalue weighted by molar-refractivity contribution is 5.94. The number of benzene rings is 1. The molecule has 0 bridgehead atoms. The number of nitro groups is 1. The van der Waals surface area contributed by atoms with Crippen LogP contribution in [0.15, 0.2) is 30.6 Å². The summed E-state index contributed by atoms with van der Waals surface area (Å²) in [5.41, 5.74) is -0.256. The average molecular weight is 290 g/mol. The predicted octanol–water partition coefficient (Wildman–Crippen LogP) is 1.31. The lowest BCUT2D eigenvalue weighted by Crippen LogP contribution is -2.27. The van der Waals surface area contributed by atoms with E-state index < -0.39 is 16.4 Å². The van der Waals surface area contributed by atoms with Crippen molar-refractivity contribution in [3.8, 4) is 5.75 Å². The number of hydrogen-bond acceptors (Lipinski definition) is 5. The van der Waals surface area contributed by atoms with Crippen LogP contribution in [0.3, 0.4) is 0 Å². The van der Waals surface area contributed by atoms with Crippen LogP contribution in [0, 0.1) is 10.1 Å². The van der Waals surface area contributed by atoms with Gasteiger partial charge in [-0.3, -0.25) is 14.9 Å². The van der Waals surface area contributed by atoms with Gasteiger partial charge in [-0.25, -0.2) is 4.98 Å². The van der Waals surface area contributed by atoms with E-state index in [1.54, 1.807) is 24.0 Å². The maximum atomic E-state index is 12.2. The number of rotatable bonds is 4. The monoisotopic (exact) mass is 290 g/mol. The van der Waals surface area contributed by atoms with Gasteiger partial charge in [0, 0.05) is 38.1 Å². The Balaban J connectivity index is 2.18. The maximum absolute atomic E-state index is 12.2. The zero-order valence-electron chi connectivity index (χ0n) is 11.6. The second-order valence-electron chi connectivity index (χ2n) is 4.58. The minimum absolute atomic E-state index is 0.176. The molecule has 0 aliphatic carbocycles. The summed E-state index contributed by atoms with van der Waals surface area (Å²) in [5.74, 6) is -0.184. The molecule has 8 nitrogen and oxygen atoms in total. The van der Waals surface area contributed by atoms with Crippen molar-refractivity contribution < 1.29 is 14.8 Å². The quantitative estimate of drug-likeness (QED) is 0.675. The Labute approximate surface area is 120 Å². The zero-order valence-corrected chi connectivity index (χ0v) is 11.6. The molecule has 1 N–H and O–H groups in total. The minimum atomic E-state index is -0.707. The molecule has 21 heavy (non-hydrogen) atoms. The van der Waals surface area contributed by atoms with Gasteiger partial charge in [-0.15, -0.1) is 0 Å². The highest BCUT2D eigenvalue weighted by Crippen LogP contribution is 2.26. The van der Waals surface area contributed by atoms with E-state index >= 15 is 0 Å². The summed E-state index contributed by atoms with van der Waals surface area (Å²) in [6.07, 6.45) is 3.40. The third kappa shape index (κ3) is 2.99. The Morgan fingerprint density at radius 1 is 1.52 bits per heavy atom. The fraction of sp³-hybridized carbons (Fsp3) is 0.231. The van der Waals surface area contributed by atoms with E-state index in [0.29, 0.717) is 12.4 Å². The molecule has 0 aliphatic heterocycles. The molecular formula is C13H14N4O4. The first-order chi connectivity index (χ1) is 9.90. The number of imidazole rings is 1. The summed E-state index contributed by atoms with van der Waals surface area (Å²) in [5, 5.41) is 20.2. The number of hydrogen-bond donors (Lipinski definition) is 1. The number of phenolic OH excluding ortho intramolecular Hbond substituents is 1. The first kappa shape index (κ1) is 14.5. The summed E-state index contributed by atoms with van der Waals surface area (Å²) >= 11 is 0. The molecule has 2 aromatic rings. The zero-order chi connectivity index (χ0) is 15.6. The van der Waals surface area contributed by atoms with E-state index in [9.17, 15) is 20.0 Å². The van der Waals surface area contributed by atoms with Crippen molar-refractivity contribution >= 4 is 11.6 Å². The lowest BCUT2D eigenvalue weighted by Gasteiger charge is -2.17. The summed E-state index contributed by atoms with van der Waals surface area (Å²) in [4.78, 5) is 27.7. The molecule has 0 saturated heterocycles. The van der Waals surface area contributed by atoms with Crippen LogP contribution in [-0.2, 0) is 13.6 Å². The number of aryl methyl sites for hydroxylation is 1. The van der Waals surface area contributed by atoms with Gasteiger partial charge in [-0.05, 0) is 12.1 Å². The van der Waals surface area contributed by atoms with E-state index in [-0.39, 0.29) is 11.5 Å². The summed E-state index contributed by atoms with van der Waals surface area (Å²) < 4.78 is 1.79. The van der Waals surface area contributed by atoms with Crippen LogP contribution in [0.5, 0.6) is 5.75 Å². The first-order valence-corrected chi connectivity index (χ1v) is 6.09. The lowest BCUT2D eigenvalue weighted by molar-refractivity contribution is -0.385. The number of carbonyl (C=O) groups excluding carboxylic acids is 1. The average Bonchev–Trinajstić information content (AvgIpc) is 2.82. The van der Waals surface area contributed by atoms with Crippen LogP contribution in [0.1, 0.15) is 16.2 Å². The molecule has 0 fully saturated rings. The third-order valence-corrected chi connectivity index (χ3v) is 3.07. The van der Waals surface area contributed by atoms with Crippen molar-refractivity contribution in [1.29, 1.82) is 0 Å². The summed E-state index contributed by atoms with van der Waals surface area (Å²) in [7, 11) is 3.41. The van der Waals surface area contributed by atoms with Gasteiger partial charge < -0.3 is 14.6 Å². The van der Waals surface area contributed by atoms with Crippen LogP contribution in [0.2, 0.25) is 0 Å². The topological polar surface area (TPSA) is 102 Å². The molecule has 1 amide bonds. The van der Waals surface area contributed by atoms with Gasteiger partial charge in [0.25, 0.3) is 5.91 Å². The number of phenols is 1. The third-order valence-electron chi connectivity index (χ3n) is 3.07. The van der Waals surface area contributed by atoms with E-state index in [1.807, 2.05) is 7.05 Å². The van der Waals surface area contributed by atoms with Crippen molar-refractivity contribution in [3.05, 3.63) is 52.1 Å². The SMILES string of the molecule is CN(Cc1nccn1C)C(=O)c1ccc([N+](=O)[O-])c(O)c1. The molecule has 0 saturated carbocycles. The molecule has 1 heterocycles. The van der Waals surface area contributed by atoms with Crippen LogP contribution in [-0.4, -0.2) is 37.4 Å². The molecule has 0 aliphatic rings. The van der Waals surface area contributed by atoms with Crippen molar-refractivity contribution in [2.24, 2.45) is 7.05 Å². The van der Waals surface area contributed by atoms with Gasteiger partial charge in [0.15, 0.2) is 5.75 Å². The second kappa shape index (κ2) is 5.61. The molecule has 0 atom stereocenters. The molecule has 0 spiro atoms. The summed E-state index contributed by atoms with van der Waals surface area (Å²) in [6, 6.07) is 3.52. The van der Waals surface area contributed by atoms with Gasteiger partial charge in [0.1, 0.15) is 5.82 Å². The van der Waals surface area contributed by atoms with Gasteiger partial charge in [-0.2, -0.15) is 0 Å². The predicted molar refractivity (Wildman–Crippen MR) is 73.8 cm³/mol. The number of nitro benzene ring substituents is 1. The Hall–Kier alpha value is -2.90. The largest absolute Gasteiger partial charge is 0.502 e. The number of amides is 1. The fourth-order valence-electron chi connectivity index (χ4n) is 1.86. The van der Waals surface area contributed by atoms with E-state index in [1.165, 1.54) is 11.0 Å². The van der Waals surface area contributed by atoms with Crippen LogP contribution in [0.25, 0.3) is 0 Å². The Morgan fingerprint density at radius 2 is 2.24 bits per heavy atom. The number of aromatic nitrogens is 2. The Kier molecular flexibility index (Phi) is 3.88. The molecular weight excluding hydrogens is 276 g/mol. The smallest absolute Gasteiger partial charge is 0.310 e. The second-order valence-corrected chi connectivity index (χ2v) is 4.58. The normalized spacial score (nSPS) is 10.4. The van der Waals surface area contributed by atoms with Crippen LogP contribution >= 0.6 is 0 Å². The van der Waals surface area contributed by atoms with Gasteiger partial charge in [0.2, 0.25) is 0 Å². The van der Waals surface area contributed by atoms with Crippen LogP contribution < -0.4 is 0 Å². The van der Waals surface area contributed by atoms with E-state index in [4.69, 9.17) is 0 Å². The van der Waals surface area contributed by atoms with Crippen molar-refractivity contribution in [2.75, 3.05) is 7.05 Å². The minimum Gasteiger partial charge on any atom is -0.502 e. The van der Waals surface area contributed by atoms with E-state index in [2.05, 4.69) is 4.98 Å². The number of aromatic hydroxyl groups is 1. The molecule has 8 heteroatoms. The lowest BCUT2D eigenvalue weighted by atomic mass is 10.1. The maximum Gasteiger partial charge on any atom is 0.310 e. The molecule has 110 valence electrons. The van der Waals surface area contributed by atoms with Gasteiger partial charge in [-0.1, -0.05) is 0 Å². The number of carbonyl (C=O) groups is 1. The highest BCUT2D eigenvalue weighted by Gasteiger charge is 2.19. The van der Waals surface area contributed by atoms with Crippen molar-refractivity contribution in [3.63, 3.8) is 0 Å². The molecule has 1 aromatic carbocycles. The standard InChI is InChI=1S/C13H14N4O4/c1-15-6-5-14-12(15)8-16(2)13(19)9-3-4-10(17(20)21)11(18)7-9/h3-7,18H,8H2,1-2H3. The summed E-state index contributed by atoms with van der Waals surface area (Å²) in [6.45, 7) is 0.292. The first-order valence-electron chi connectivity index (χ1n) is 6.09. The molecule has 1 aromatic heterocycles. The van der Waals surface area contributed by atoms with Gasteiger partial charge >= 0.3 is 5.69 Å². The van der Waals surface area contributed by atoms with E-state index in [0.717, 1.165) is 12.1 Å². The highest BCUT2D eigenvalue weighted by atomic mass is 16.6. The number of nitrogens with zero attached hydrogens (tertiary/aromatic N) is 4. The molecule has 2 rings (SSSR count). The Morgan fingerprint density at radius 3 is 2.76 bits per heavy atom.